The molecule has 0 saturated carbocycles. The molecule has 0 spiro atoms. The van der Waals surface area contributed by atoms with E-state index in [1.165, 1.54) is 6.07 Å². The zero-order chi connectivity index (χ0) is 18.4. The average molecular weight is 379 g/mol. The first-order chi connectivity index (χ1) is 12.6. The van der Waals surface area contributed by atoms with Crippen molar-refractivity contribution in [1.82, 2.24) is 19.8 Å². The van der Waals surface area contributed by atoms with Crippen molar-refractivity contribution >= 4 is 17.5 Å². The molecule has 2 heterocycles. The highest BCUT2D eigenvalue weighted by molar-refractivity contribution is 6.30. The first kappa shape index (κ1) is 18.9. The van der Waals surface area contributed by atoms with Crippen molar-refractivity contribution in [2.45, 2.75) is 32.4 Å². The van der Waals surface area contributed by atoms with Gasteiger partial charge in [-0.3, -0.25) is 9.69 Å². The molecule has 26 heavy (non-hydrogen) atoms. The van der Waals surface area contributed by atoms with E-state index in [2.05, 4.69) is 15.2 Å². The zero-order valence-corrected chi connectivity index (χ0v) is 15.5. The summed E-state index contributed by atoms with van der Waals surface area (Å²) in [6.07, 6.45) is 7.95. The van der Waals surface area contributed by atoms with Gasteiger partial charge in [-0.15, -0.1) is 0 Å². The Balaban J connectivity index is 1.36. The molecule has 1 amide bonds. The van der Waals surface area contributed by atoms with Gasteiger partial charge >= 0.3 is 0 Å². The van der Waals surface area contributed by atoms with Crippen LogP contribution in [0.15, 0.2) is 36.9 Å². The molecule has 0 radical (unpaired) electrons. The molecule has 3 rings (SSSR count). The van der Waals surface area contributed by atoms with Crippen LogP contribution in [-0.4, -0.2) is 40.0 Å². The van der Waals surface area contributed by atoms with Crippen molar-refractivity contribution in [2.24, 2.45) is 5.92 Å². The summed E-state index contributed by atoms with van der Waals surface area (Å²) in [5.74, 6) is -0.0854. The Bertz CT molecular complexity index is 714. The van der Waals surface area contributed by atoms with Crippen molar-refractivity contribution < 1.29 is 9.18 Å². The fourth-order valence-corrected chi connectivity index (χ4v) is 3.44. The predicted octanol–water partition coefficient (Wildman–Crippen LogP) is 3.09. The largest absolute Gasteiger partial charge is 0.356 e. The van der Waals surface area contributed by atoms with Crippen LogP contribution in [0, 0.1) is 11.7 Å². The van der Waals surface area contributed by atoms with Crippen LogP contribution in [0.3, 0.4) is 0 Å². The number of imidazole rings is 1. The molecule has 1 aliphatic rings. The zero-order valence-electron chi connectivity index (χ0n) is 14.7. The maximum atomic E-state index is 13.9. The van der Waals surface area contributed by atoms with Crippen LogP contribution >= 0.6 is 11.6 Å². The topological polar surface area (TPSA) is 50.2 Å². The van der Waals surface area contributed by atoms with Crippen molar-refractivity contribution in [3.8, 4) is 0 Å². The van der Waals surface area contributed by atoms with Crippen molar-refractivity contribution in [3.63, 3.8) is 0 Å². The van der Waals surface area contributed by atoms with Gasteiger partial charge in [-0.1, -0.05) is 17.7 Å². The maximum absolute atomic E-state index is 13.9. The minimum atomic E-state index is -0.268. The summed E-state index contributed by atoms with van der Waals surface area (Å²) in [6.45, 7) is 3.69. The van der Waals surface area contributed by atoms with Gasteiger partial charge in [0.05, 0.1) is 6.33 Å². The summed E-state index contributed by atoms with van der Waals surface area (Å²) in [5.41, 5.74) is 0.650. The summed E-state index contributed by atoms with van der Waals surface area (Å²) >= 11 is 5.79. The average Bonchev–Trinajstić information content (AvgIpc) is 3.15. The second-order valence-electron chi connectivity index (χ2n) is 6.73. The number of benzene rings is 1. The van der Waals surface area contributed by atoms with E-state index < -0.39 is 0 Å². The van der Waals surface area contributed by atoms with Gasteiger partial charge in [-0.2, -0.15) is 0 Å². The Kier molecular flexibility index (Phi) is 6.63. The first-order valence-electron chi connectivity index (χ1n) is 9.01. The Morgan fingerprint density at radius 1 is 1.35 bits per heavy atom. The lowest BCUT2D eigenvalue weighted by atomic mass is 9.95. The second kappa shape index (κ2) is 9.14. The van der Waals surface area contributed by atoms with Gasteiger partial charge < -0.3 is 9.88 Å². The smallest absolute Gasteiger partial charge is 0.223 e. The number of amides is 1. The standard InChI is InChI=1S/C19H24ClFN4O/c20-17-3-2-16(18(21)12-17)13-24-9-4-15(5-10-24)19(26)23-6-1-8-25-11-7-22-14-25/h2-3,7,11-12,14-15H,1,4-6,8-10,13H2,(H,23,26). The highest BCUT2D eigenvalue weighted by atomic mass is 35.5. The molecule has 5 nitrogen and oxygen atoms in total. The van der Waals surface area contributed by atoms with Gasteiger partial charge in [0.15, 0.2) is 0 Å². The molecule has 0 unspecified atom stereocenters. The van der Waals surface area contributed by atoms with E-state index in [1.54, 1.807) is 24.7 Å². The normalized spacial score (nSPS) is 15.9. The number of halogens is 2. The number of hydrogen-bond donors (Lipinski definition) is 1. The van der Waals surface area contributed by atoms with Crippen molar-refractivity contribution in [1.29, 1.82) is 0 Å². The third-order valence-electron chi connectivity index (χ3n) is 4.82. The molecule has 1 fully saturated rings. The number of likely N-dealkylation sites (tertiary alicyclic amines) is 1. The number of aryl methyl sites for hydroxylation is 1. The van der Waals surface area contributed by atoms with E-state index in [-0.39, 0.29) is 17.6 Å². The van der Waals surface area contributed by atoms with Gasteiger partial charge in [-0.25, -0.2) is 9.37 Å². The summed E-state index contributed by atoms with van der Waals surface area (Å²) in [6, 6.07) is 4.79. The quantitative estimate of drug-likeness (QED) is 0.753. The molecule has 0 bridgehead atoms. The fourth-order valence-electron chi connectivity index (χ4n) is 3.28. The molecule has 1 aliphatic heterocycles. The molecule has 1 saturated heterocycles. The summed E-state index contributed by atoms with van der Waals surface area (Å²) < 4.78 is 15.9. The molecule has 1 N–H and O–H groups in total. The highest BCUT2D eigenvalue weighted by Crippen LogP contribution is 2.21. The number of hydrogen-bond acceptors (Lipinski definition) is 3. The van der Waals surface area contributed by atoms with Crippen LogP contribution in [0.5, 0.6) is 0 Å². The van der Waals surface area contributed by atoms with E-state index in [1.807, 2.05) is 10.8 Å². The predicted molar refractivity (Wildman–Crippen MR) is 99.3 cm³/mol. The molecule has 2 aromatic rings. The van der Waals surface area contributed by atoms with Crippen LogP contribution < -0.4 is 5.32 Å². The third-order valence-corrected chi connectivity index (χ3v) is 5.05. The molecule has 0 atom stereocenters. The van der Waals surface area contributed by atoms with Crippen LogP contribution in [0.25, 0.3) is 0 Å². The summed E-state index contributed by atoms with van der Waals surface area (Å²) in [7, 11) is 0. The Labute approximate surface area is 158 Å². The molecule has 1 aromatic carbocycles. The Morgan fingerprint density at radius 2 is 2.15 bits per heavy atom. The van der Waals surface area contributed by atoms with Gasteiger partial charge in [0.25, 0.3) is 0 Å². The van der Waals surface area contributed by atoms with E-state index in [4.69, 9.17) is 11.6 Å². The number of rotatable bonds is 7. The molecule has 7 heteroatoms. The van der Waals surface area contributed by atoms with Gasteiger partial charge in [-0.05, 0) is 44.5 Å². The number of nitrogens with zero attached hydrogens (tertiary/aromatic N) is 3. The van der Waals surface area contributed by atoms with Crippen LogP contribution in [0.1, 0.15) is 24.8 Å². The maximum Gasteiger partial charge on any atom is 0.223 e. The van der Waals surface area contributed by atoms with Crippen molar-refractivity contribution in [3.05, 3.63) is 53.3 Å². The van der Waals surface area contributed by atoms with E-state index in [9.17, 15) is 9.18 Å². The van der Waals surface area contributed by atoms with Crippen LogP contribution in [0.4, 0.5) is 4.39 Å². The van der Waals surface area contributed by atoms with E-state index in [0.29, 0.717) is 23.7 Å². The fraction of sp³-hybridized carbons (Fsp3) is 0.474. The Hall–Kier alpha value is -1.92. The van der Waals surface area contributed by atoms with Crippen molar-refractivity contribution in [2.75, 3.05) is 19.6 Å². The lowest BCUT2D eigenvalue weighted by Gasteiger charge is -2.31. The third kappa shape index (κ3) is 5.29. The molecule has 0 aliphatic carbocycles. The number of carbonyl (C=O) groups is 1. The second-order valence-corrected chi connectivity index (χ2v) is 7.17. The lowest BCUT2D eigenvalue weighted by molar-refractivity contribution is -0.126. The number of piperidine rings is 1. The van der Waals surface area contributed by atoms with Gasteiger partial charge in [0, 0.05) is 48.5 Å². The van der Waals surface area contributed by atoms with E-state index >= 15 is 0 Å². The number of carbonyl (C=O) groups excluding carboxylic acids is 1. The molecule has 140 valence electrons. The number of nitrogens with one attached hydrogen (secondary N) is 1. The first-order valence-corrected chi connectivity index (χ1v) is 9.39. The summed E-state index contributed by atoms with van der Waals surface area (Å²) in [5, 5.41) is 3.44. The van der Waals surface area contributed by atoms with Crippen LogP contribution in [0.2, 0.25) is 5.02 Å². The monoisotopic (exact) mass is 378 g/mol. The van der Waals surface area contributed by atoms with Gasteiger partial charge in [0.2, 0.25) is 5.91 Å². The highest BCUT2D eigenvalue weighted by Gasteiger charge is 2.25. The summed E-state index contributed by atoms with van der Waals surface area (Å²) in [4.78, 5) is 18.5. The number of aromatic nitrogens is 2. The Morgan fingerprint density at radius 3 is 2.85 bits per heavy atom. The minimum absolute atomic E-state index is 0.0505. The van der Waals surface area contributed by atoms with Gasteiger partial charge in [0.1, 0.15) is 5.82 Å². The lowest BCUT2D eigenvalue weighted by Crippen LogP contribution is -2.40. The molecular formula is C19H24ClFN4O. The molecular weight excluding hydrogens is 355 g/mol. The van der Waals surface area contributed by atoms with E-state index in [0.717, 1.165) is 38.9 Å². The molecule has 1 aromatic heterocycles. The minimum Gasteiger partial charge on any atom is -0.356 e. The SMILES string of the molecule is O=C(NCCCn1ccnc1)C1CCN(Cc2ccc(Cl)cc2F)CC1. The van der Waals surface area contributed by atoms with Crippen LogP contribution in [-0.2, 0) is 17.9 Å².